The van der Waals surface area contributed by atoms with Gasteiger partial charge in [0, 0.05) is 0 Å². The standard InChI is InChI=1S/C26H34N2O7Se/c1-7-21(29)19-13-17(28(31)32)8-9-24(19)36-15-20-18-14-23(34-6)22(33-5)12-16(18)10-11-27(20)25(30)35-26(2,3)4/h8-9,12-14,20-21,29H,7,10-11,15H2,1-6H3/t20-,21-/m0/s1. The van der Waals surface area contributed by atoms with Crippen molar-refractivity contribution >= 4 is 31.2 Å². The Hall–Kier alpha value is -2.81. The van der Waals surface area contributed by atoms with E-state index in [0.29, 0.717) is 41.8 Å². The number of hydrogen-bond acceptors (Lipinski definition) is 7. The summed E-state index contributed by atoms with van der Waals surface area (Å²) in [7, 11) is 3.17. The molecule has 36 heavy (non-hydrogen) atoms. The molecular weight excluding hydrogens is 531 g/mol. The Morgan fingerprint density at radius 3 is 2.47 bits per heavy atom. The zero-order chi connectivity index (χ0) is 26.6. The molecule has 3 rings (SSSR count). The fourth-order valence-corrected chi connectivity index (χ4v) is 6.74. The van der Waals surface area contributed by atoms with Crippen molar-refractivity contribution in [2.45, 2.75) is 63.6 Å². The van der Waals surface area contributed by atoms with E-state index in [0.717, 1.165) is 15.6 Å². The Morgan fingerprint density at radius 1 is 1.22 bits per heavy atom. The summed E-state index contributed by atoms with van der Waals surface area (Å²) in [5.41, 5.74) is 1.92. The van der Waals surface area contributed by atoms with E-state index in [1.807, 2.05) is 39.8 Å². The van der Waals surface area contributed by atoms with Crippen molar-refractivity contribution in [1.82, 2.24) is 4.90 Å². The van der Waals surface area contributed by atoms with Crippen molar-refractivity contribution in [3.63, 3.8) is 0 Å². The molecule has 9 nitrogen and oxygen atoms in total. The summed E-state index contributed by atoms with van der Waals surface area (Å²) in [6, 6.07) is 8.24. The van der Waals surface area contributed by atoms with Crippen LogP contribution < -0.4 is 13.9 Å². The molecule has 1 aliphatic heterocycles. The second-order valence-corrected chi connectivity index (χ2v) is 11.8. The fourth-order valence-electron chi connectivity index (χ4n) is 4.18. The van der Waals surface area contributed by atoms with E-state index in [9.17, 15) is 20.0 Å². The average molecular weight is 566 g/mol. The van der Waals surface area contributed by atoms with Gasteiger partial charge in [0.05, 0.1) is 0 Å². The zero-order valence-electron chi connectivity index (χ0n) is 21.6. The van der Waals surface area contributed by atoms with Gasteiger partial charge in [-0.1, -0.05) is 0 Å². The van der Waals surface area contributed by atoms with E-state index >= 15 is 0 Å². The summed E-state index contributed by atoms with van der Waals surface area (Å²) in [4.78, 5) is 25.8. The topological polar surface area (TPSA) is 111 Å². The molecule has 0 unspecified atom stereocenters. The first-order valence-electron chi connectivity index (χ1n) is 11.8. The molecule has 0 saturated carbocycles. The van der Waals surface area contributed by atoms with E-state index in [-0.39, 0.29) is 32.8 Å². The molecule has 0 aliphatic carbocycles. The first kappa shape index (κ1) is 27.8. The number of nitro benzene ring substituents is 1. The minimum atomic E-state index is -0.799. The summed E-state index contributed by atoms with van der Waals surface area (Å²) >= 11 is -0.201. The molecule has 1 heterocycles. The Labute approximate surface area is 218 Å². The average Bonchev–Trinajstić information content (AvgIpc) is 2.84. The second-order valence-electron chi connectivity index (χ2n) is 9.56. The van der Waals surface area contributed by atoms with Crippen molar-refractivity contribution in [2.24, 2.45) is 0 Å². The molecule has 1 aliphatic rings. The van der Waals surface area contributed by atoms with Crippen LogP contribution in [0.2, 0.25) is 5.32 Å². The Balaban J connectivity index is 2.01. The van der Waals surface area contributed by atoms with Crippen LogP contribution in [0.1, 0.15) is 63.0 Å². The molecule has 0 spiro atoms. The van der Waals surface area contributed by atoms with Crippen LogP contribution in [-0.4, -0.2) is 62.3 Å². The van der Waals surface area contributed by atoms with Gasteiger partial charge in [0.1, 0.15) is 0 Å². The number of amides is 1. The third-order valence-electron chi connectivity index (χ3n) is 5.98. The molecule has 0 bridgehead atoms. The van der Waals surface area contributed by atoms with E-state index < -0.39 is 16.6 Å². The molecule has 1 N–H and O–H groups in total. The first-order valence-corrected chi connectivity index (χ1v) is 13.9. The number of carbonyl (C=O) groups is 1. The number of nitrogens with zero attached hydrogens (tertiary/aromatic N) is 2. The van der Waals surface area contributed by atoms with Crippen molar-refractivity contribution < 1.29 is 29.0 Å². The third-order valence-corrected chi connectivity index (χ3v) is 8.42. The van der Waals surface area contributed by atoms with Gasteiger partial charge in [-0.05, 0) is 0 Å². The predicted molar refractivity (Wildman–Crippen MR) is 137 cm³/mol. The quantitative estimate of drug-likeness (QED) is 0.288. The summed E-state index contributed by atoms with van der Waals surface area (Å²) in [5, 5.41) is 22.5. The molecule has 0 saturated heterocycles. The number of benzene rings is 2. The molecule has 0 radical (unpaired) electrons. The van der Waals surface area contributed by atoms with Crippen LogP contribution in [-0.2, 0) is 11.2 Å². The minimum absolute atomic E-state index is 0.0488. The van der Waals surface area contributed by atoms with Gasteiger partial charge in [0.15, 0.2) is 0 Å². The van der Waals surface area contributed by atoms with Crippen molar-refractivity contribution in [2.75, 3.05) is 20.8 Å². The molecule has 196 valence electrons. The molecule has 0 aromatic heterocycles. The summed E-state index contributed by atoms with van der Waals surface area (Å²) in [5.74, 6) is 1.21. The Kier molecular flexibility index (Phi) is 8.87. The van der Waals surface area contributed by atoms with Crippen molar-refractivity contribution in [3.8, 4) is 11.5 Å². The van der Waals surface area contributed by atoms with E-state index in [2.05, 4.69) is 0 Å². The molecule has 2 atom stereocenters. The maximum absolute atomic E-state index is 13.2. The molecule has 10 heteroatoms. The SMILES string of the molecule is CC[C@H](O)c1cc([N+](=O)[O-])ccc1[Se]C[C@H]1c2cc(OC)c(OC)cc2CCN1C(=O)OC(C)(C)C. The number of nitro groups is 1. The van der Waals surface area contributed by atoms with Gasteiger partial charge in [-0.25, -0.2) is 0 Å². The number of non-ortho nitro benzene ring substituents is 1. The van der Waals surface area contributed by atoms with Gasteiger partial charge in [-0.15, -0.1) is 0 Å². The predicted octanol–water partition coefficient (Wildman–Crippen LogP) is 4.34. The Morgan fingerprint density at radius 2 is 1.89 bits per heavy atom. The third kappa shape index (κ3) is 6.30. The maximum atomic E-state index is 13.2. The normalized spacial score (nSPS) is 16.2. The molecule has 2 aromatic rings. The van der Waals surface area contributed by atoms with Crippen LogP contribution in [0, 0.1) is 10.1 Å². The number of methoxy groups -OCH3 is 2. The van der Waals surface area contributed by atoms with Crippen LogP contribution in [0.3, 0.4) is 0 Å². The molecule has 1 amide bonds. The van der Waals surface area contributed by atoms with Gasteiger partial charge < -0.3 is 0 Å². The number of aliphatic hydroxyl groups is 1. The van der Waals surface area contributed by atoms with Crippen LogP contribution >= 0.6 is 0 Å². The zero-order valence-corrected chi connectivity index (χ0v) is 23.3. The van der Waals surface area contributed by atoms with Crippen LogP contribution in [0.5, 0.6) is 11.5 Å². The number of carbonyl (C=O) groups excluding carboxylic acids is 1. The van der Waals surface area contributed by atoms with Crippen molar-refractivity contribution in [3.05, 3.63) is 57.1 Å². The van der Waals surface area contributed by atoms with Crippen LogP contribution in [0.4, 0.5) is 10.5 Å². The molecular formula is C26H34N2O7Se. The van der Waals surface area contributed by atoms with Gasteiger partial charge in [-0.3, -0.25) is 0 Å². The fraction of sp³-hybridized carbons (Fsp3) is 0.500. The van der Waals surface area contributed by atoms with E-state index in [4.69, 9.17) is 14.2 Å². The van der Waals surface area contributed by atoms with Gasteiger partial charge in [0.25, 0.3) is 0 Å². The van der Waals surface area contributed by atoms with Gasteiger partial charge >= 0.3 is 218 Å². The number of rotatable bonds is 8. The summed E-state index contributed by atoms with van der Waals surface area (Å²) < 4.78 is 17.6. The number of fused-ring (bicyclic) bond motifs is 1. The first-order chi connectivity index (χ1) is 17.0. The van der Waals surface area contributed by atoms with E-state index in [1.54, 1.807) is 25.2 Å². The van der Waals surface area contributed by atoms with E-state index in [1.165, 1.54) is 12.1 Å². The molecule has 2 aromatic carbocycles. The Bertz CT molecular complexity index is 1120. The van der Waals surface area contributed by atoms with Gasteiger partial charge in [-0.2, -0.15) is 0 Å². The number of aliphatic hydroxyl groups excluding tert-OH is 1. The van der Waals surface area contributed by atoms with Gasteiger partial charge in [0.2, 0.25) is 0 Å². The second kappa shape index (κ2) is 11.5. The summed E-state index contributed by atoms with van der Waals surface area (Å²) in [6.45, 7) is 7.84. The van der Waals surface area contributed by atoms with Crippen LogP contribution in [0.15, 0.2) is 30.3 Å². The van der Waals surface area contributed by atoms with Crippen LogP contribution in [0.25, 0.3) is 0 Å². The number of ether oxygens (including phenoxy) is 3. The molecule has 0 fully saturated rings. The van der Waals surface area contributed by atoms with Crippen molar-refractivity contribution in [1.29, 1.82) is 0 Å². The summed E-state index contributed by atoms with van der Waals surface area (Å²) in [6.07, 6.45) is -0.0965. The number of hydrogen-bond donors (Lipinski definition) is 1. The monoisotopic (exact) mass is 566 g/mol.